The molecule has 4 heterocycles. The van der Waals surface area contributed by atoms with Crippen molar-refractivity contribution in [2.45, 2.75) is 38.4 Å². The number of aromatic nitrogens is 3. The minimum Gasteiger partial charge on any atom is -0.343 e. The molecule has 3 aromatic rings. The molecule has 2 amide bonds. The van der Waals surface area contributed by atoms with Gasteiger partial charge in [-0.05, 0) is 25.0 Å². The van der Waals surface area contributed by atoms with Crippen molar-refractivity contribution in [3.05, 3.63) is 58.0 Å². The van der Waals surface area contributed by atoms with Gasteiger partial charge < -0.3 is 5.32 Å². The number of alkyl halides is 5. The van der Waals surface area contributed by atoms with Crippen LogP contribution in [0.2, 0.25) is 0 Å². The zero-order valence-electron chi connectivity index (χ0n) is 19.6. The Morgan fingerprint density at radius 2 is 1.84 bits per heavy atom. The normalized spacial score (nSPS) is 17.2. The number of hydrogen-bond donors (Lipinski definition) is 1. The molecule has 0 aromatic carbocycles. The lowest BCUT2D eigenvalue weighted by Crippen LogP contribution is -2.54. The summed E-state index contributed by atoms with van der Waals surface area (Å²) in [5.74, 6) is -10.2. The first-order valence-electron chi connectivity index (χ1n) is 11.1. The largest absolute Gasteiger partial charge is 0.455 e. The molecule has 1 aliphatic heterocycles. The van der Waals surface area contributed by atoms with Gasteiger partial charge in [0.25, 0.3) is 5.91 Å². The van der Waals surface area contributed by atoms with E-state index in [2.05, 4.69) is 9.97 Å². The van der Waals surface area contributed by atoms with Gasteiger partial charge in [-0.2, -0.15) is 22.0 Å². The molecule has 38 heavy (non-hydrogen) atoms. The van der Waals surface area contributed by atoms with E-state index in [-0.39, 0.29) is 41.6 Å². The van der Waals surface area contributed by atoms with Crippen molar-refractivity contribution in [2.24, 2.45) is 5.92 Å². The Hall–Kier alpha value is -4.04. The summed E-state index contributed by atoms with van der Waals surface area (Å²) < 4.78 is 94.5. The van der Waals surface area contributed by atoms with Crippen LogP contribution in [0.25, 0.3) is 16.9 Å². The molecule has 8 nitrogen and oxygen atoms in total. The SMILES string of the molecule is CC(NC(=O)c1cn(-c2ncc(F)cc2F)c2nc(N3C[C@@H](C)CC3=O)ccc2c1=O)C(F)(F)C(F)(F)F. The van der Waals surface area contributed by atoms with Crippen molar-refractivity contribution in [1.29, 1.82) is 0 Å². The van der Waals surface area contributed by atoms with Crippen LogP contribution in [0.1, 0.15) is 30.6 Å². The lowest BCUT2D eigenvalue weighted by atomic mass is 10.1. The first-order chi connectivity index (χ1) is 17.6. The number of nitrogens with one attached hydrogen (secondary N) is 1. The number of carbonyl (C=O) groups is 2. The van der Waals surface area contributed by atoms with Crippen molar-refractivity contribution in [3.63, 3.8) is 0 Å². The molecular formula is C23H18F7N5O3. The topological polar surface area (TPSA) is 97.2 Å². The third-order valence-corrected chi connectivity index (χ3v) is 5.96. The fraction of sp³-hybridized carbons (Fsp3) is 0.348. The van der Waals surface area contributed by atoms with Gasteiger partial charge in [-0.25, -0.2) is 18.7 Å². The van der Waals surface area contributed by atoms with Crippen LogP contribution in [-0.2, 0) is 4.79 Å². The number of nitrogens with zero attached hydrogens (tertiary/aromatic N) is 4. The van der Waals surface area contributed by atoms with Crippen molar-refractivity contribution in [3.8, 4) is 5.82 Å². The summed E-state index contributed by atoms with van der Waals surface area (Å²) in [7, 11) is 0. The predicted octanol–water partition coefficient (Wildman–Crippen LogP) is 3.75. The Morgan fingerprint density at radius 3 is 2.42 bits per heavy atom. The molecule has 1 aliphatic rings. The first kappa shape index (κ1) is 27.0. The second-order valence-corrected chi connectivity index (χ2v) is 8.87. The number of rotatable bonds is 5. The zero-order chi connectivity index (χ0) is 28.2. The molecule has 4 rings (SSSR count). The number of amides is 2. The number of pyridine rings is 3. The Bertz CT molecular complexity index is 1510. The monoisotopic (exact) mass is 545 g/mol. The van der Waals surface area contributed by atoms with E-state index in [1.54, 1.807) is 0 Å². The molecule has 15 heteroatoms. The van der Waals surface area contributed by atoms with Crippen molar-refractivity contribution < 1.29 is 40.3 Å². The smallest absolute Gasteiger partial charge is 0.343 e. The fourth-order valence-corrected chi connectivity index (χ4v) is 3.97. The molecule has 0 bridgehead atoms. The third kappa shape index (κ3) is 4.67. The third-order valence-electron chi connectivity index (χ3n) is 5.96. The van der Waals surface area contributed by atoms with Crippen LogP contribution in [0, 0.1) is 17.6 Å². The highest BCUT2D eigenvalue weighted by Gasteiger charge is 2.61. The molecule has 0 radical (unpaired) electrons. The first-order valence-corrected chi connectivity index (χ1v) is 11.1. The number of anilines is 1. The lowest BCUT2D eigenvalue weighted by molar-refractivity contribution is -0.290. The molecule has 1 saturated heterocycles. The van der Waals surface area contributed by atoms with Gasteiger partial charge in [0.15, 0.2) is 17.3 Å². The molecule has 1 N–H and O–H groups in total. The van der Waals surface area contributed by atoms with E-state index in [1.807, 2.05) is 6.92 Å². The quantitative estimate of drug-likeness (QED) is 0.493. The van der Waals surface area contributed by atoms with E-state index >= 15 is 0 Å². The van der Waals surface area contributed by atoms with Crippen LogP contribution >= 0.6 is 0 Å². The maximum absolute atomic E-state index is 14.7. The molecule has 2 atom stereocenters. The predicted molar refractivity (Wildman–Crippen MR) is 119 cm³/mol. The van der Waals surface area contributed by atoms with Crippen LogP contribution in [0.15, 0.2) is 35.4 Å². The van der Waals surface area contributed by atoms with Gasteiger partial charge in [0.1, 0.15) is 17.2 Å². The van der Waals surface area contributed by atoms with Crippen molar-refractivity contribution >= 4 is 28.7 Å². The number of hydrogen-bond acceptors (Lipinski definition) is 5. The Labute approximate surface area is 209 Å². The average molecular weight is 545 g/mol. The van der Waals surface area contributed by atoms with E-state index in [4.69, 9.17) is 0 Å². The lowest BCUT2D eigenvalue weighted by Gasteiger charge is -2.26. The average Bonchev–Trinajstić information content (AvgIpc) is 3.16. The standard InChI is InChI=1S/C23H18F7N5O3/c1-10-5-17(36)34(8-10)16-4-3-13-18(37)14(21(38)32-11(2)22(26,27)23(28,29)30)9-35(19(13)33-16)20-15(25)6-12(24)7-31-20/h3-4,6-7,9-11H,5,8H2,1-2H3,(H,32,38)/t10-,11?/m0/s1. The van der Waals surface area contributed by atoms with Crippen LogP contribution in [0.4, 0.5) is 36.6 Å². The summed E-state index contributed by atoms with van der Waals surface area (Å²) in [4.78, 5) is 47.3. The zero-order valence-corrected chi connectivity index (χ0v) is 19.6. The fourth-order valence-electron chi connectivity index (χ4n) is 3.97. The van der Waals surface area contributed by atoms with Crippen molar-refractivity contribution in [1.82, 2.24) is 19.9 Å². The van der Waals surface area contributed by atoms with Crippen LogP contribution in [0.3, 0.4) is 0 Å². The summed E-state index contributed by atoms with van der Waals surface area (Å²) in [6.07, 6.45) is -4.51. The summed E-state index contributed by atoms with van der Waals surface area (Å²) in [6.45, 7) is 2.51. The van der Waals surface area contributed by atoms with E-state index in [1.165, 1.54) is 16.3 Å². The maximum Gasteiger partial charge on any atom is 0.455 e. The molecule has 202 valence electrons. The molecule has 1 unspecified atom stereocenters. The molecule has 0 spiro atoms. The Balaban J connectivity index is 1.89. The minimum atomic E-state index is -5.99. The highest BCUT2D eigenvalue weighted by Crippen LogP contribution is 2.38. The highest BCUT2D eigenvalue weighted by atomic mass is 19.4. The highest BCUT2D eigenvalue weighted by molar-refractivity contribution is 5.99. The number of carbonyl (C=O) groups excluding carboxylic acids is 2. The van der Waals surface area contributed by atoms with E-state index in [9.17, 15) is 45.1 Å². The van der Waals surface area contributed by atoms with Gasteiger partial charge in [-0.3, -0.25) is 23.9 Å². The van der Waals surface area contributed by atoms with Gasteiger partial charge in [0.2, 0.25) is 11.3 Å². The summed E-state index contributed by atoms with van der Waals surface area (Å²) in [5, 5.41) is 1.07. The van der Waals surface area contributed by atoms with Gasteiger partial charge in [0, 0.05) is 25.2 Å². The minimum absolute atomic E-state index is 0.0127. The number of fused-ring (bicyclic) bond motifs is 1. The van der Waals surface area contributed by atoms with Crippen molar-refractivity contribution in [2.75, 3.05) is 11.4 Å². The van der Waals surface area contributed by atoms with Crippen LogP contribution in [0.5, 0.6) is 0 Å². The molecule has 0 aliphatic carbocycles. The molecular weight excluding hydrogens is 527 g/mol. The second kappa shape index (κ2) is 9.36. The molecule has 3 aromatic heterocycles. The van der Waals surface area contributed by atoms with E-state index < -0.39 is 52.5 Å². The summed E-state index contributed by atoms with van der Waals surface area (Å²) >= 11 is 0. The van der Waals surface area contributed by atoms with E-state index in [0.717, 1.165) is 10.6 Å². The van der Waals surface area contributed by atoms with Crippen LogP contribution < -0.4 is 15.6 Å². The van der Waals surface area contributed by atoms with Gasteiger partial charge in [-0.1, -0.05) is 6.92 Å². The molecule has 0 saturated carbocycles. The second-order valence-electron chi connectivity index (χ2n) is 8.87. The summed E-state index contributed by atoms with van der Waals surface area (Å²) in [6, 6.07) is 0.0650. The maximum atomic E-state index is 14.7. The Morgan fingerprint density at radius 1 is 1.16 bits per heavy atom. The number of halogens is 7. The summed E-state index contributed by atoms with van der Waals surface area (Å²) in [5.41, 5.74) is -2.39. The van der Waals surface area contributed by atoms with Gasteiger partial charge >= 0.3 is 12.1 Å². The van der Waals surface area contributed by atoms with Gasteiger partial charge in [-0.15, -0.1) is 0 Å². The molecule has 1 fully saturated rings. The Kier molecular flexibility index (Phi) is 6.66. The van der Waals surface area contributed by atoms with Crippen LogP contribution in [-0.4, -0.2) is 51.0 Å². The van der Waals surface area contributed by atoms with E-state index in [0.29, 0.717) is 25.4 Å². The van der Waals surface area contributed by atoms with Gasteiger partial charge in [0.05, 0.1) is 17.6 Å².